The average molecular weight is 138 g/mol. The normalized spacial score (nSPS) is 31.9. The molecule has 2 N–H and O–H groups in total. The van der Waals surface area contributed by atoms with E-state index in [-0.39, 0.29) is 0 Å². The standard InChI is InChI=1S/C8H14N2/c9-7-3-5-10-4-1-2-8(10)6-7/h6-7H,1-5,9H2. The molecule has 2 heterocycles. The first-order valence-electron chi connectivity index (χ1n) is 4.07. The highest BCUT2D eigenvalue weighted by Crippen LogP contribution is 2.24. The Kier molecular flexibility index (Phi) is 1.42. The molecule has 1 fully saturated rings. The average Bonchev–Trinajstić information content (AvgIpc) is 2.33. The van der Waals surface area contributed by atoms with Gasteiger partial charge in [-0.3, -0.25) is 0 Å². The summed E-state index contributed by atoms with van der Waals surface area (Å²) >= 11 is 0. The molecule has 1 unspecified atom stereocenters. The van der Waals surface area contributed by atoms with Crippen LogP contribution >= 0.6 is 0 Å². The molecule has 0 saturated carbocycles. The molecule has 0 aromatic rings. The molecule has 0 aromatic heterocycles. The third-order valence-electron chi connectivity index (χ3n) is 2.41. The summed E-state index contributed by atoms with van der Waals surface area (Å²) in [5, 5.41) is 0. The van der Waals surface area contributed by atoms with Crippen molar-refractivity contribution in [2.75, 3.05) is 13.1 Å². The molecule has 0 aromatic carbocycles. The fourth-order valence-electron chi connectivity index (χ4n) is 1.83. The highest BCUT2D eigenvalue weighted by atomic mass is 15.2. The molecular weight excluding hydrogens is 124 g/mol. The lowest BCUT2D eigenvalue weighted by Crippen LogP contribution is -2.32. The Morgan fingerprint density at radius 3 is 3.30 bits per heavy atom. The first-order valence-corrected chi connectivity index (χ1v) is 4.07. The van der Waals surface area contributed by atoms with Crippen molar-refractivity contribution in [1.29, 1.82) is 0 Å². The Balaban J connectivity index is 2.16. The van der Waals surface area contributed by atoms with E-state index in [4.69, 9.17) is 5.73 Å². The lowest BCUT2D eigenvalue weighted by Gasteiger charge is -2.26. The second-order valence-electron chi connectivity index (χ2n) is 3.20. The van der Waals surface area contributed by atoms with E-state index in [0.29, 0.717) is 6.04 Å². The summed E-state index contributed by atoms with van der Waals surface area (Å²) < 4.78 is 0. The minimum atomic E-state index is 0.337. The van der Waals surface area contributed by atoms with Gasteiger partial charge in [0.2, 0.25) is 0 Å². The molecule has 0 radical (unpaired) electrons. The number of allylic oxidation sites excluding steroid dienone is 1. The second kappa shape index (κ2) is 2.27. The Morgan fingerprint density at radius 1 is 1.50 bits per heavy atom. The van der Waals surface area contributed by atoms with Crippen LogP contribution in [0.25, 0.3) is 0 Å². The highest BCUT2D eigenvalue weighted by molar-refractivity contribution is 5.12. The van der Waals surface area contributed by atoms with E-state index < -0.39 is 0 Å². The Hall–Kier alpha value is -0.500. The molecule has 2 aliphatic heterocycles. The third kappa shape index (κ3) is 0.926. The van der Waals surface area contributed by atoms with Gasteiger partial charge in [0, 0.05) is 24.8 Å². The van der Waals surface area contributed by atoms with Gasteiger partial charge < -0.3 is 10.6 Å². The smallest absolute Gasteiger partial charge is 0.0260 e. The second-order valence-corrected chi connectivity index (χ2v) is 3.20. The van der Waals surface area contributed by atoms with Crippen molar-refractivity contribution in [3.05, 3.63) is 11.8 Å². The maximum absolute atomic E-state index is 5.79. The van der Waals surface area contributed by atoms with Crippen LogP contribution in [0.5, 0.6) is 0 Å². The molecule has 0 aliphatic carbocycles. The van der Waals surface area contributed by atoms with E-state index >= 15 is 0 Å². The van der Waals surface area contributed by atoms with Gasteiger partial charge in [0.1, 0.15) is 0 Å². The number of nitrogens with two attached hydrogens (primary N) is 1. The van der Waals surface area contributed by atoms with Crippen LogP contribution in [0.3, 0.4) is 0 Å². The molecule has 10 heavy (non-hydrogen) atoms. The zero-order valence-electron chi connectivity index (χ0n) is 6.21. The SMILES string of the molecule is NC1C=C2CCCN2CC1. The molecule has 1 atom stereocenters. The number of rotatable bonds is 0. The van der Waals surface area contributed by atoms with Gasteiger partial charge in [-0.1, -0.05) is 0 Å². The van der Waals surface area contributed by atoms with E-state index in [1.54, 1.807) is 0 Å². The van der Waals surface area contributed by atoms with Crippen molar-refractivity contribution in [3.63, 3.8) is 0 Å². The van der Waals surface area contributed by atoms with Gasteiger partial charge in [0.25, 0.3) is 0 Å². The predicted octanol–water partition coefficient (Wildman–Crippen LogP) is 0.697. The van der Waals surface area contributed by atoms with Crippen LogP contribution < -0.4 is 5.73 Å². The summed E-state index contributed by atoms with van der Waals surface area (Å²) in [7, 11) is 0. The van der Waals surface area contributed by atoms with Crippen molar-refractivity contribution in [3.8, 4) is 0 Å². The zero-order chi connectivity index (χ0) is 6.97. The summed E-state index contributed by atoms with van der Waals surface area (Å²) in [6, 6.07) is 0.337. The van der Waals surface area contributed by atoms with Crippen molar-refractivity contribution >= 4 is 0 Å². The Morgan fingerprint density at radius 2 is 2.40 bits per heavy atom. The minimum absolute atomic E-state index is 0.337. The summed E-state index contributed by atoms with van der Waals surface area (Å²) in [4.78, 5) is 2.46. The third-order valence-corrected chi connectivity index (χ3v) is 2.41. The maximum Gasteiger partial charge on any atom is 0.0260 e. The molecule has 56 valence electrons. The minimum Gasteiger partial charge on any atom is -0.375 e. The molecular formula is C8H14N2. The molecule has 1 saturated heterocycles. The molecule has 0 bridgehead atoms. The first-order chi connectivity index (χ1) is 4.86. The monoisotopic (exact) mass is 138 g/mol. The van der Waals surface area contributed by atoms with Gasteiger partial charge in [0.15, 0.2) is 0 Å². The summed E-state index contributed by atoms with van der Waals surface area (Å²) in [5.74, 6) is 0. The Bertz CT molecular complexity index is 163. The van der Waals surface area contributed by atoms with Gasteiger partial charge in [0.05, 0.1) is 0 Å². The van der Waals surface area contributed by atoms with Gasteiger partial charge in [-0.25, -0.2) is 0 Å². The van der Waals surface area contributed by atoms with E-state index in [1.807, 2.05) is 0 Å². The number of hydrogen-bond donors (Lipinski definition) is 1. The lowest BCUT2D eigenvalue weighted by molar-refractivity contribution is 0.355. The van der Waals surface area contributed by atoms with E-state index in [2.05, 4.69) is 11.0 Å². The fraction of sp³-hybridized carbons (Fsp3) is 0.750. The van der Waals surface area contributed by atoms with Gasteiger partial charge in [-0.05, 0) is 25.3 Å². The van der Waals surface area contributed by atoms with Crippen LogP contribution in [0.4, 0.5) is 0 Å². The summed E-state index contributed by atoms with van der Waals surface area (Å²) in [6.45, 7) is 2.45. The van der Waals surface area contributed by atoms with Gasteiger partial charge in [-0.2, -0.15) is 0 Å². The van der Waals surface area contributed by atoms with Crippen LogP contribution in [0.1, 0.15) is 19.3 Å². The van der Waals surface area contributed by atoms with Crippen LogP contribution in [-0.2, 0) is 0 Å². The van der Waals surface area contributed by atoms with Crippen molar-refractivity contribution in [1.82, 2.24) is 4.90 Å². The summed E-state index contributed by atoms with van der Waals surface area (Å²) in [6.07, 6.45) is 5.96. The van der Waals surface area contributed by atoms with Crippen LogP contribution in [0.2, 0.25) is 0 Å². The Labute approximate surface area is 61.7 Å². The van der Waals surface area contributed by atoms with Gasteiger partial charge in [-0.15, -0.1) is 0 Å². The van der Waals surface area contributed by atoms with E-state index in [0.717, 1.165) is 6.42 Å². The largest absolute Gasteiger partial charge is 0.375 e. The van der Waals surface area contributed by atoms with Crippen LogP contribution in [0, 0.1) is 0 Å². The fourth-order valence-corrected chi connectivity index (χ4v) is 1.83. The maximum atomic E-state index is 5.79. The van der Waals surface area contributed by atoms with Crippen molar-refractivity contribution in [2.24, 2.45) is 5.73 Å². The molecule has 2 heteroatoms. The zero-order valence-corrected chi connectivity index (χ0v) is 6.21. The molecule has 2 nitrogen and oxygen atoms in total. The molecule has 0 amide bonds. The van der Waals surface area contributed by atoms with Crippen LogP contribution in [0.15, 0.2) is 11.8 Å². The number of fused-ring (bicyclic) bond motifs is 1. The predicted molar refractivity (Wildman–Crippen MR) is 41.5 cm³/mol. The first kappa shape index (κ1) is 6.23. The summed E-state index contributed by atoms with van der Waals surface area (Å²) in [5.41, 5.74) is 7.29. The van der Waals surface area contributed by atoms with Gasteiger partial charge >= 0.3 is 0 Å². The lowest BCUT2D eigenvalue weighted by atomic mass is 10.1. The number of hydrogen-bond acceptors (Lipinski definition) is 2. The van der Waals surface area contributed by atoms with E-state index in [1.165, 1.54) is 31.6 Å². The molecule has 0 spiro atoms. The molecule has 2 rings (SSSR count). The van der Waals surface area contributed by atoms with Crippen LogP contribution in [-0.4, -0.2) is 24.0 Å². The number of nitrogens with zero attached hydrogens (tertiary/aromatic N) is 1. The molecule has 2 aliphatic rings. The quantitative estimate of drug-likeness (QED) is 0.534. The van der Waals surface area contributed by atoms with Crippen molar-refractivity contribution < 1.29 is 0 Å². The highest BCUT2D eigenvalue weighted by Gasteiger charge is 2.21. The topological polar surface area (TPSA) is 29.3 Å². The van der Waals surface area contributed by atoms with E-state index in [9.17, 15) is 0 Å². The van der Waals surface area contributed by atoms with Crippen molar-refractivity contribution in [2.45, 2.75) is 25.3 Å².